The monoisotopic (exact) mass is 392 g/mol. The highest BCUT2D eigenvalue weighted by atomic mass is 32.2. The van der Waals surface area contributed by atoms with Crippen LogP contribution in [0, 0.1) is 13.8 Å². The Morgan fingerprint density at radius 1 is 1.11 bits per heavy atom. The average molecular weight is 392 g/mol. The number of hydrogen-bond acceptors (Lipinski definition) is 5. The maximum Gasteiger partial charge on any atom is 0.267 e. The number of nitrogens with zero attached hydrogens (tertiary/aromatic N) is 4. The Labute approximate surface area is 166 Å². The SMILES string of the molecule is CC(=O)CCSc1nnc2n(-c3cc(C)ccc3C)c(=O)c3ccccc3n12. The highest BCUT2D eigenvalue weighted by Gasteiger charge is 2.18. The molecule has 0 aliphatic carbocycles. The summed E-state index contributed by atoms with van der Waals surface area (Å²) < 4.78 is 3.54. The summed E-state index contributed by atoms with van der Waals surface area (Å²) in [5, 5.41) is 9.94. The number of benzene rings is 2. The van der Waals surface area contributed by atoms with E-state index in [0.717, 1.165) is 22.3 Å². The lowest BCUT2D eigenvalue weighted by atomic mass is 10.1. The minimum Gasteiger partial charge on any atom is -0.300 e. The van der Waals surface area contributed by atoms with Crippen molar-refractivity contribution in [3.05, 3.63) is 63.9 Å². The number of carbonyl (C=O) groups is 1. The van der Waals surface area contributed by atoms with Gasteiger partial charge in [0, 0.05) is 12.2 Å². The molecule has 0 saturated heterocycles. The summed E-state index contributed by atoms with van der Waals surface area (Å²) in [7, 11) is 0. The minimum atomic E-state index is -0.121. The number of ketones is 1. The normalized spacial score (nSPS) is 11.4. The third-order valence-corrected chi connectivity index (χ3v) is 5.62. The number of Topliss-reactive ketones (excluding diaryl/α,β-unsaturated/α-hetero) is 1. The largest absolute Gasteiger partial charge is 0.300 e. The second-order valence-electron chi connectivity index (χ2n) is 6.87. The molecule has 2 aromatic heterocycles. The Balaban J connectivity index is 2.03. The van der Waals surface area contributed by atoms with Gasteiger partial charge in [0.25, 0.3) is 5.56 Å². The number of para-hydroxylation sites is 1. The molecule has 0 N–H and O–H groups in total. The van der Waals surface area contributed by atoms with Gasteiger partial charge in [0.2, 0.25) is 5.78 Å². The van der Waals surface area contributed by atoms with E-state index in [1.165, 1.54) is 11.8 Å². The van der Waals surface area contributed by atoms with Crippen molar-refractivity contribution in [3.63, 3.8) is 0 Å². The van der Waals surface area contributed by atoms with Crippen molar-refractivity contribution >= 4 is 34.2 Å². The zero-order chi connectivity index (χ0) is 19.8. The van der Waals surface area contributed by atoms with Crippen LogP contribution < -0.4 is 5.56 Å². The molecule has 2 heterocycles. The second-order valence-corrected chi connectivity index (χ2v) is 7.93. The van der Waals surface area contributed by atoms with E-state index >= 15 is 0 Å². The first kappa shape index (κ1) is 18.4. The van der Waals surface area contributed by atoms with Gasteiger partial charge in [-0.1, -0.05) is 36.0 Å². The number of aromatic nitrogens is 4. The summed E-state index contributed by atoms with van der Waals surface area (Å²) in [5.74, 6) is 1.23. The van der Waals surface area contributed by atoms with Crippen molar-refractivity contribution in [1.82, 2.24) is 19.2 Å². The summed E-state index contributed by atoms with van der Waals surface area (Å²) in [6.07, 6.45) is 0.466. The van der Waals surface area contributed by atoms with Gasteiger partial charge in [-0.3, -0.25) is 14.0 Å². The van der Waals surface area contributed by atoms with E-state index in [1.807, 2.05) is 60.7 Å². The first-order valence-electron chi connectivity index (χ1n) is 9.06. The van der Waals surface area contributed by atoms with Crippen molar-refractivity contribution in [1.29, 1.82) is 0 Å². The number of hydrogen-bond donors (Lipinski definition) is 0. The van der Waals surface area contributed by atoms with Crippen LogP contribution in [0.2, 0.25) is 0 Å². The summed E-state index contributed by atoms with van der Waals surface area (Å²) in [6, 6.07) is 13.5. The topological polar surface area (TPSA) is 69.3 Å². The Morgan fingerprint density at radius 2 is 1.89 bits per heavy atom. The minimum absolute atomic E-state index is 0.121. The summed E-state index contributed by atoms with van der Waals surface area (Å²) in [4.78, 5) is 24.6. The van der Waals surface area contributed by atoms with Gasteiger partial charge < -0.3 is 0 Å². The molecule has 0 aliphatic heterocycles. The van der Waals surface area contributed by atoms with Crippen molar-refractivity contribution in [2.24, 2.45) is 0 Å². The van der Waals surface area contributed by atoms with Crippen molar-refractivity contribution in [2.75, 3.05) is 5.75 Å². The van der Waals surface area contributed by atoms with Crippen LogP contribution in [0.5, 0.6) is 0 Å². The lowest BCUT2D eigenvalue weighted by Crippen LogP contribution is -2.22. The van der Waals surface area contributed by atoms with Crippen LogP contribution in [0.4, 0.5) is 0 Å². The Bertz CT molecular complexity index is 1270. The van der Waals surface area contributed by atoms with Crippen LogP contribution in [-0.4, -0.2) is 30.7 Å². The zero-order valence-corrected chi connectivity index (χ0v) is 16.8. The highest BCUT2D eigenvalue weighted by molar-refractivity contribution is 7.99. The Hall–Kier alpha value is -2.93. The van der Waals surface area contributed by atoms with Gasteiger partial charge in [0.15, 0.2) is 5.16 Å². The molecule has 0 saturated carbocycles. The molecule has 4 aromatic rings. The van der Waals surface area contributed by atoms with Crippen LogP contribution in [-0.2, 0) is 4.79 Å². The molecule has 0 bridgehead atoms. The molecular formula is C21H20N4O2S. The predicted molar refractivity (Wildman–Crippen MR) is 112 cm³/mol. The number of rotatable bonds is 5. The molecule has 0 radical (unpaired) electrons. The van der Waals surface area contributed by atoms with Gasteiger partial charge in [0.05, 0.1) is 16.6 Å². The van der Waals surface area contributed by atoms with Crippen LogP contribution in [0.1, 0.15) is 24.5 Å². The van der Waals surface area contributed by atoms with Crippen molar-refractivity contribution in [2.45, 2.75) is 32.3 Å². The third kappa shape index (κ3) is 3.11. The number of carbonyl (C=O) groups excluding carboxylic acids is 1. The fourth-order valence-corrected chi connectivity index (χ4v) is 4.22. The smallest absolute Gasteiger partial charge is 0.267 e. The summed E-state index contributed by atoms with van der Waals surface area (Å²) >= 11 is 1.47. The molecule has 142 valence electrons. The lowest BCUT2D eigenvalue weighted by molar-refractivity contribution is -0.116. The van der Waals surface area contributed by atoms with Crippen LogP contribution >= 0.6 is 11.8 Å². The molecule has 0 aliphatic rings. The highest BCUT2D eigenvalue weighted by Crippen LogP contribution is 2.25. The molecule has 4 rings (SSSR count). The van der Waals surface area contributed by atoms with Crippen LogP contribution in [0.15, 0.2) is 52.4 Å². The van der Waals surface area contributed by atoms with E-state index in [1.54, 1.807) is 11.5 Å². The Kier molecular flexibility index (Phi) is 4.77. The third-order valence-electron chi connectivity index (χ3n) is 4.69. The van der Waals surface area contributed by atoms with Gasteiger partial charge in [-0.2, -0.15) is 0 Å². The van der Waals surface area contributed by atoms with Crippen molar-refractivity contribution < 1.29 is 4.79 Å². The Morgan fingerprint density at radius 3 is 2.68 bits per heavy atom. The van der Waals surface area contributed by atoms with Gasteiger partial charge in [0.1, 0.15) is 5.78 Å². The molecule has 7 heteroatoms. The number of fused-ring (bicyclic) bond motifs is 3. The molecule has 2 aromatic carbocycles. The van der Waals surface area contributed by atoms with Gasteiger partial charge in [-0.15, -0.1) is 10.2 Å². The van der Waals surface area contributed by atoms with E-state index in [2.05, 4.69) is 10.2 Å². The van der Waals surface area contributed by atoms with E-state index in [9.17, 15) is 9.59 Å². The molecule has 28 heavy (non-hydrogen) atoms. The maximum absolute atomic E-state index is 13.3. The molecule has 6 nitrogen and oxygen atoms in total. The van der Waals surface area contributed by atoms with E-state index in [4.69, 9.17) is 0 Å². The molecular weight excluding hydrogens is 372 g/mol. The standard InChI is InChI=1S/C21H20N4O2S/c1-13-8-9-14(2)18(12-13)24-19(27)16-6-4-5-7-17(16)25-20(24)22-23-21(25)28-11-10-15(3)26/h4-9,12H,10-11H2,1-3H3. The first-order valence-corrected chi connectivity index (χ1v) is 10.0. The fraction of sp³-hybridized carbons (Fsp3) is 0.238. The van der Waals surface area contributed by atoms with E-state index in [-0.39, 0.29) is 11.3 Å². The van der Waals surface area contributed by atoms with Crippen LogP contribution in [0.25, 0.3) is 22.4 Å². The fourth-order valence-electron chi connectivity index (χ4n) is 3.24. The van der Waals surface area contributed by atoms with E-state index in [0.29, 0.717) is 28.5 Å². The predicted octanol–water partition coefficient (Wildman–Crippen LogP) is 3.72. The van der Waals surface area contributed by atoms with Crippen molar-refractivity contribution in [3.8, 4) is 5.69 Å². The summed E-state index contributed by atoms with van der Waals surface area (Å²) in [5.41, 5.74) is 3.49. The maximum atomic E-state index is 13.3. The summed E-state index contributed by atoms with van der Waals surface area (Å²) in [6.45, 7) is 5.56. The molecule has 0 amide bonds. The quantitative estimate of drug-likeness (QED) is 0.484. The molecule has 0 atom stereocenters. The zero-order valence-electron chi connectivity index (χ0n) is 16.0. The van der Waals surface area contributed by atoms with E-state index < -0.39 is 0 Å². The molecule has 0 fully saturated rings. The first-order chi connectivity index (χ1) is 13.5. The van der Waals surface area contributed by atoms with Gasteiger partial charge in [-0.25, -0.2) is 4.57 Å². The van der Waals surface area contributed by atoms with Gasteiger partial charge >= 0.3 is 0 Å². The number of thioether (sulfide) groups is 1. The number of aryl methyl sites for hydroxylation is 2. The molecule has 0 unspecified atom stereocenters. The second kappa shape index (κ2) is 7.24. The molecule has 0 spiro atoms. The lowest BCUT2D eigenvalue weighted by Gasteiger charge is -2.14. The van der Waals surface area contributed by atoms with Crippen LogP contribution in [0.3, 0.4) is 0 Å². The average Bonchev–Trinajstić information content (AvgIpc) is 3.08. The van der Waals surface area contributed by atoms with Gasteiger partial charge in [-0.05, 0) is 50.1 Å².